The predicted molar refractivity (Wildman–Crippen MR) is 113 cm³/mol. The van der Waals surface area contributed by atoms with Crippen LogP contribution in [-0.2, 0) is 15.6 Å². The van der Waals surface area contributed by atoms with E-state index in [1.807, 2.05) is 6.92 Å². The summed E-state index contributed by atoms with van der Waals surface area (Å²) in [4.78, 5) is 0. The summed E-state index contributed by atoms with van der Waals surface area (Å²) in [5, 5.41) is 0. The van der Waals surface area contributed by atoms with Gasteiger partial charge in [-0.05, 0) is 42.0 Å². The number of rotatable bonds is 6. The monoisotopic (exact) mass is 552 g/mol. The van der Waals surface area contributed by atoms with Gasteiger partial charge in [-0.25, -0.2) is 17.6 Å². The molecule has 0 amide bonds. The lowest BCUT2D eigenvalue weighted by molar-refractivity contribution is -0.275. The standard InChI is InChI=1S/C25H17F9O4/c1-12-10-35-23(36-11-12)14-7-19(28)22(20(29)8-14)24(30,31)37-15-3-4-16(17(26)9-15)13-2-5-21(18(27)6-13)38-25(32,33)34/h2-9,12,23H,10-11H2,1H3. The molecule has 3 aromatic carbocycles. The molecule has 0 aliphatic carbocycles. The van der Waals surface area contributed by atoms with E-state index in [4.69, 9.17) is 9.47 Å². The van der Waals surface area contributed by atoms with Crippen LogP contribution in [0.5, 0.6) is 11.5 Å². The van der Waals surface area contributed by atoms with Crippen molar-refractivity contribution < 1.29 is 58.5 Å². The molecule has 3 aromatic rings. The Labute approximate surface area is 209 Å². The van der Waals surface area contributed by atoms with E-state index < -0.39 is 59.1 Å². The minimum absolute atomic E-state index is 0.0338. The smallest absolute Gasteiger partial charge is 0.429 e. The Bertz CT molecular complexity index is 1300. The van der Waals surface area contributed by atoms with Gasteiger partial charge in [-0.2, -0.15) is 8.78 Å². The summed E-state index contributed by atoms with van der Waals surface area (Å²) < 4.78 is 143. The highest BCUT2D eigenvalue weighted by atomic mass is 19.4. The molecule has 0 bridgehead atoms. The first-order valence-electron chi connectivity index (χ1n) is 10.9. The third-order valence-electron chi connectivity index (χ3n) is 5.35. The molecule has 0 N–H and O–H groups in total. The van der Waals surface area contributed by atoms with Gasteiger partial charge in [-0.3, -0.25) is 0 Å². The maximum absolute atomic E-state index is 14.7. The van der Waals surface area contributed by atoms with Crippen molar-refractivity contribution in [1.82, 2.24) is 0 Å². The molecule has 1 saturated heterocycles. The van der Waals surface area contributed by atoms with Crippen molar-refractivity contribution in [3.63, 3.8) is 0 Å². The zero-order chi connectivity index (χ0) is 27.8. The maximum Gasteiger partial charge on any atom is 0.573 e. The summed E-state index contributed by atoms with van der Waals surface area (Å²) in [6, 6.07) is 5.40. The van der Waals surface area contributed by atoms with Gasteiger partial charge in [0.1, 0.15) is 28.8 Å². The number of hydrogen-bond donors (Lipinski definition) is 0. The summed E-state index contributed by atoms with van der Waals surface area (Å²) in [5.41, 5.74) is -2.54. The number of benzene rings is 3. The van der Waals surface area contributed by atoms with Gasteiger partial charge in [0.05, 0.1) is 13.2 Å². The van der Waals surface area contributed by atoms with Crippen LogP contribution < -0.4 is 9.47 Å². The fourth-order valence-corrected chi connectivity index (χ4v) is 3.67. The SMILES string of the molecule is CC1COC(c2cc(F)c(C(F)(F)Oc3ccc(-c4ccc(OC(F)(F)F)c(F)c4)c(F)c3)c(F)c2)OC1. The predicted octanol–water partition coefficient (Wildman–Crippen LogP) is 7.62. The first-order chi connectivity index (χ1) is 17.7. The summed E-state index contributed by atoms with van der Waals surface area (Å²) in [6.45, 7) is 2.28. The number of alkyl halides is 5. The Morgan fingerprint density at radius 2 is 1.37 bits per heavy atom. The zero-order valence-corrected chi connectivity index (χ0v) is 19.2. The topological polar surface area (TPSA) is 36.9 Å². The van der Waals surface area contributed by atoms with Crippen molar-refractivity contribution in [2.75, 3.05) is 13.2 Å². The molecule has 0 atom stereocenters. The van der Waals surface area contributed by atoms with Crippen LogP contribution in [0, 0.1) is 29.2 Å². The summed E-state index contributed by atoms with van der Waals surface area (Å²) in [7, 11) is 0. The van der Waals surface area contributed by atoms with Gasteiger partial charge in [0, 0.05) is 23.1 Å². The fraction of sp³-hybridized carbons (Fsp3) is 0.280. The largest absolute Gasteiger partial charge is 0.573 e. The van der Waals surface area contributed by atoms with Crippen LogP contribution in [0.2, 0.25) is 0 Å². The van der Waals surface area contributed by atoms with E-state index >= 15 is 0 Å². The van der Waals surface area contributed by atoms with E-state index in [9.17, 15) is 39.5 Å². The molecular weight excluding hydrogens is 535 g/mol. The normalized spacial score (nSPS) is 18.4. The van der Waals surface area contributed by atoms with Crippen LogP contribution in [0.15, 0.2) is 48.5 Å². The molecule has 1 heterocycles. The van der Waals surface area contributed by atoms with Gasteiger partial charge < -0.3 is 18.9 Å². The third kappa shape index (κ3) is 6.16. The minimum atomic E-state index is -5.16. The zero-order valence-electron chi connectivity index (χ0n) is 19.2. The number of hydrogen-bond acceptors (Lipinski definition) is 4. The van der Waals surface area contributed by atoms with E-state index in [-0.39, 0.29) is 35.8 Å². The Hall–Kier alpha value is -3.45. The van der Waals surface area contributed by atoms with E-state index in [2.05, 4.69) is 9.47 Å². The van der Waals surface area contributed by atoms with Crippen molar-refractivity contribution in [3.8, 4) is 22.6 Å². The van der Waals surface area contributed by atoms with Gasteiger partial charge in [-0.1, -0.05) is 13.0 Å². The average Bonchev–Trinajstić information content (AvgIpc) is 2.79. The second kappa shape index (κ2) is 10.4. The Balaban J connectivity index is 1.54. The van der Waals surface area contributed by atoms with E-state index in [1.165, 1.54) is 0 Å². The molecule has 38 heavy (non-hydrogen) atoms. The van der Waals surface area contributed by atoms with E-state index in [0.29, 0.717) is 30.3 Å². The molecule has 1 aliphatic heterocycles. The Morgan fingerprint density at radius 3 is 1.92 bits per heavy atom. The first kappa shape index (κ1) is 27.6. The van der Waals surface area contributed by atoms with Gasteiger partial charge in [0.25, 0.3) is 0 Å². The Kier molecular flexibility index (Phi) is 7.53. The van der Waals surface area contributed by atoms with Crippen molar-refractivity contribution >= 4 is 0 Å². The van der Waals surface area contributed by atoms with Gasteiger partial charge >= 0.3 is 12.5 Å². The Morgan fingerprint density at radius 1 is 0.737 bits per heavy atom. The highest BCUT2D eigenvalue weighted by Crippen LogP contribution is 2.39. The molecular formula is C25H17F9O4. The van der Waals surface area contributed by atoms with Crippen LogP contribution in [0.4, 0.5) is 39.5 Å². The number of ether oxygens (including phenoxy) is 4. The van der Waals surface area contributed by atoms with Crippen molar-refractivity contribution in [2.45, 2.75) is 25.7 Å². The lowest BCUT2D eigenvalue weighted by Gasteiger charge is -2.28. The van der Waals surface area contributed by atoms with E-state index in [0.717, 1.165) is 18.2 Å². The molecule has 4 rings (SSSR count). The highest BCUT2D eigenvalue weighted by Gasteiger charge is 2.42. The number of halogens is 9. The molecule has 13 heteroatoms. The first-order valence-corrected chi connectivity index (χ1v) is 10.9. The molecule has 204 valence electrons. The lowest BCUT2D eigenvalue weighted by atomic mass is 10.0. The van der Waals surface area contributed by atoms with Crippen LogP contribution in [0.3, 0.4) is 0 Å². The highest BCUT2D eigenvalue weighted by molar-refractivity contribution is 5.66. The average molecular weight is 552 g/mol. The van der Waals surface area contributed by atoms with E-state index in [1.54, 1.807) is 0 Å². The van der Waals surface area contributed by atoms with Crippen LogP contribution >= 0.6 is 0 Å². The molecule has 1 fully saturated rings. The minimum Gasteiger partial charge on any atom is -0.429 e. The second-order valence-corrected chi connectivity index (χ2v) is 8.42. The van der Waals surface area contributed by atoms with Crippen LogP contribution in [0.1, 0.15) is 24.3 Å². The summed E-state index contributed by atoms with van der Waals surface area (Å²) >= 11 is 0. The lowest BCUT2D eigenvalue weighted by Crippen LogP contribution is -2.27. The molecule has 1 aliphatic rings. The molecule has 0 radical (unpaired) electrons. The van der Waals surface area contributed by atoms with Crippen molar-refractivity contribution in [1.29, 1.82) is 0 Å². The molecule has 0 aromatic heterocycles. The van der Waals surface area contributed by atoms with Crippen molar-refractivity contribution in [2.24, 2.45) is 5.92 Å². The quantitative estimate of drug-likeness (QED) is 0.295. The van der Waals surface area contributed by atoms with Gasteiger partial charge in [0.15, 0.2) is 17.9 Å². The maximum atomic E-state index is 14.7. The fourth-order valence-electron chi connectivity index (χ4n) is 3.67. The van der Waals surface area contributed by atoms with Crippen LogP contribution in [0.25, 0.3) is 11.1 Å². The summed E-state index contributed by atoms with van der Waals surface area (Å²) in [5.74, 6) is -7.99. The van der Waals surface area contributed by atoms with Crippen LogP contribution in [-0.4, -0.2) is 19.6 Å². The van der Waals surface area contributed by atoms with Crippen molar-refractivity contribution in [3.05, 3.63) is 82.9 Å². The summed E-state index contributed by atoms with van der Waals surface area (Å²) in [6.07, 6.45) is -10.9. The third-order valence-corrected chi connectivity index (χ3v) is 5.35. The molecule has 0 spiro atoms. The molecule has 0 saturated carbocycles. The van der Waals surface area contributed by atoms with Gasteiger partial charge in [0.2, 0.25) is 0 Å². The molecule has 0 unspecified atom stereocenters. The molecule has 4 nitrogen and oxygen atoms in total. The van der Waals surface area contributed by atoms with Gasteiger partial charge in [-0.15, -0.1) is 13.2 Å². The second-order valence-electron chi connectivity index (χ2n) is 8.42.